The minimum absolute atomic E-state index is 0.00932. The highest BCUT2D eigenvalue weighted by Gasteiger charge is 2.24. The lowest BCUT2D eigenvalue weighted by Gasteiger charge is -2.29. The van der Waals surface area contributed by atoms with E-state index in [-0.39, 0.29) is 17.4 Å². The molecule has 0 aliphatic rings. The molecule has 0 radical (unpaired) electrons. The molecule has 0 aromatic rings. The highest BCUT2D eigenvalue weighted by atomic mass is 16.6. The summed E-state index contributed by atoms with van der Waals surface area (Å²) >= 11 is 0. The Morgan fingerprint density at radius 1 is 1.24 bits per heavy atom. The first-order chi connectivity index (χ1) is 7.56. The van der Waals surface area contributed by atoms with Crippen molar-refractivity contribution in [1.29, 1.82) is 0 Å². The summed E-state index contributed by atoms with van der Waals surface area (Å²) in [6.45, 7) is 11.7. The molecule has 0 aliphatic carbocycles. The Bertz CT molecular complexity index is 238. The van der Waals surface area contributed by atoms with E-state index in [1.54, 1.807) is 0 Å². The number of carbonyl (C=O) groups excluding carboxylic acids is 1. The lowest BCUT2D eigenvalue weighted by Crippen LogP contribution is -2.38. The van der Waals surface area contributed by atoms with Gasteiger partial charge in [0.25, 0.3) is 0 Å². The third-order valence-electron chi connectivity index (χ3n) is 2.49. The number of hydrogen-bond acceptors (Lipinski definition) is 4. The molecule has 0 aromatic carbocycles. The lowest BCUT2D eigenvalue weighted by atomic mass is 9.84. The molecule has 1 atom stereocenters. The lowest BCUT2D eigenvalue weighted by molar-refractivity contribution is -0.155. The molecule has 0 aliphatic heterocycles. The minimum Gasteiger partial charge on any atom is -0.460 e. The van der Waals surface area contributed by atoms with Gasteiger partial charge < -0.3 is 9.94 Å². The SMILES string of the molecule is CC(C)(C)OC(=O)CCCC(NO)C(C)(C)C. The Morgan fingerprint density at radius 2 is 1.76 bits per heavy atom. The summed E-state index contributed by atoms with van der Waals surface area (Å²) < 4.78 is 5.22. The quantitative estimate of drug-likeness (QED) is 0.577. The van der Waals surface area contributed by atoms with Gasteiger partial charge in [-0.25, -0.2) is 5.48 Å². The van der Waals surface area contributed by atoms with Crippen LogP contribution in [0.1, 0.15) is 60.8 Å². The van der Waals surface area contributed by atoms with Crippen LogP contribution in [0, 0.1) is 5.41 Å². The van der Waals surface area contributed by atoms with Gasteiger partial charge in [0.05, 0.1) is 0 Å². The molecule has 0 spiro atoms. The van der Waals surface area contributed by atoms with Gasteiger partial charge in [0, 0.05) is 12.5 Å². The summed E-state index contributed by atoms with van der Waals surface area (Å²) in [5.41, 5.74) is 1.87. The van der Waals surface area contributed by atoms with Crippen molar-refractivity contribution in [2.75, 3.05) is 0 Å². The normalized spacial score (nSPS) is 14.5. The first-order valence-corrected chi connectivity index (χ1v) is 6.18. The van der Waals surface area contributed by atoms with Crippen LogP contribution < -0.4 is 5.48 Å². The van der Waals surface area contributed by atoms with Crippen molar-refractivity contribution in [3.05, 3.63) is 0 Å². The molecule has 0 saturated heterocycles. The largest absolute Gasteiger partial charge is 0.460 e. The number of carbonyl (C=O) groups is 1. The van der Waals surface area contributed by atoms with E-state index in [1.165, 1.54) is 0 Å². The Morgan fingerprint density at radius 3 is 2.12 bits per heavy atom. The third kappa shape index (κ3) is 8.16. The molecule has 0 fully saturated rings. The summed E-state index contributed by atoms with van der Waals surface area (Å²) in [6, 6.07) is -0.00932. The summed E-state index contributed by atoms with van der Waals surface area (Å²) in [5, 5.41) is 9.05. The van der Waals surface area contributed by atoms with Gasteiger partial charge in [-0.1, -0.05) is 20.8 Å². The van der Waals surface area contributed by atoms with Crippen LogP contribution in [0.25, 0.3) is 0 Å². The molecule has 0 rings (SSSR count). The monoisotopic (exact) mass is 245 g/mol. The van der Waals surface area contributed by atoms with Gasteiger partial charge in [-0.3, -0.25) is 4.79 Å². The van der Waals surface area contributed by atoms with Crippen molar-refractivity contribution < 1.29 is 14.7 Å². The fourth-order valence-corrected chi connectivity index (χ4v) is 1.53. The first kappa shape index (κ1) is 16.4. The van der Waals surface area contributed by atoms with Gasteiger partial charge >= 0.3 is 5.97 Å². The van der Waals surface area contributed by atoms with E-state index in [0.717, 1.165) is 6.42 Å². The van der Waals surface area contributed by atoms with Gasteiger partial charge in [-0.05, 0) is 39.0 Å². The van der Waals surface area contributed by atoms with E-state index in [2.05, 4.69) is 5.48 Å². The Balaban J connectivity index is 3.95. The van der Waals surface area contributed by atoms with Crippen LogP contribution in [0.5, 0.6) is 0 Å². The average Bonchev–Trinajstić information content (AvgIpc) is 2.07. The molecule has 17 heavy (non-hydrogen) atoms. The zero-order valence-electron chi connectivity index (χ0n) is 12.0. The molecule has 4 nitrogen and oxygen atoms in total. The highest BCUT2D eigenvalue weighted by molar-refractivity contribution is 5.69. The van der Waals surface area contributed by atoms with E-state index in [0.29, 0.717) is 12.8 Å². The molecule has 0 amide bonds. The van der Waals surface area contributed by atoms with Crippen molar-refractivity contribution in [3.63, 3.8) is 0 Å². The fourth-order valence-electron chi connectivity index (χ4n) is 1.53. The van der Waals surface area contributed by atoms with Gasteiger partial charge in [0.2, 0.25) is 0 Å². The van der Waals surface area contributed by atoms with Crippen molar-refractivity contribution in [2.24, 2.45) is 5.41 Å². The van der Waals surface area contributed by atoms with E-state index in [4.69, 9.17) is 9.94 Å². The second-order valence-corrected chi connectivity index (χ2v) is 6.53. The molecule has 102 valence electrons. The number of ether oxygens (including phenoxy) is 1. The van der Waals surface area contributed by atoms with Gasteiger partial charge in [0.1, 0.15) is 5.60 Å². The van der Waals surface area contributed by atoms with Crippen molar-refractivity contribution >= 4 is 5.97 Å². The first-order valence-electron chi connectivity index (χ1n) is 6.18. The van der Waals surface area contributed by atoms with Crippen molar-refractivity contribution in [1.82, 2.24) is 5.48 Å². The Kier molecular flexibility index (Phi) is 6.13. The van der Waals surface area contributed by atoms with E-state index >= 15 is 0 Å². The number of hydroxylamine groups is 1. The van der Waals surface area contributed by atoms with Crippen molar-refractivity contribution in [3.8, 4) is 0 Å². The summed E-state index contributed by atoms with van der Waals surface area (Å²) in [6.07, 6.45) is 1.86. The maximum absolute atomic E-state index is 11.5. The molecule has 0 bridgehead atoms. The summed E-state index contributed by atoms with van der Waals surface area (Å²) in [5.74, 6) is -0.178. The molecule has 0 heterocycles. The van der Waals surface area contributed by atoms with Crippen molar-refractivity contribution in [2.45, 2.75) is 72.4 Å². The van der Waals surface area contributed by atoms with Gasteiger partial charge in [0.15, 0.2) is 0 Å². The number of nitrogens with one attached hydrogen (secondary N) is 1. The standard InChI is InChI=1S/C13H27NO3/c1-12(2,3)10(14-16)8-7-9-11(15)17-13(4,5)6/h10,14,16H,7-9H2,1-6H3. The zero-order valence-corrected chi connectivity index (χ0v) is 12.0. The van der Waals surface area contributed by atoms with Gasteiger partial charge in [-0.2, -0.15) is 0 Å². The number of rotatable bonds is 5. The maximum atomic E-state index is 11.5. The maximum Gasteiger partial charge on any atom is 0.306 e. The predicted molar refractivity (Wildman–Crippen MR) is 67.9 cm³/mol. The smallest absolute Gasteiger partial charge is 0.306 e. The van der Waals surface area contributed by atoms with Crippen LogP contribution >= 0.6 is 0 Å². The molecule has 2 N–H and O–H groups in total. The van der Waals surface area contributed by atoms with Crippen LogP contribution in [0.3, 0.4) is 0 Å². The third-order valence-corrected chi connectivity index (χ3v) is 2.49. The van der Waals surface area contributed by atoms with E-state index < -0.39 is 5.60 Å². The molecular weight excluding hydrogens is 218 g/mol. The molecule has 0 saturated carbocycles. The highest BCUT2D eigenvalue weighted by Crippen LogP contribution is 2.23. The summed E-state index contributed by atoms with van der Waals surface area (Å²) in [7, 11) is 0. The van der Waals surface area contributed by atoms with E-state index in [9.17, 15) is 4.79 Å². The average molecular weight is 245 g/mol. The molecule has 4 heteroatoms. The van der Waals surface area contributed by atoms with Crippen LogP contribution in [0.4, 0.5) is 0 Å². The van der Waals surface area contributed by atoms with Crippen LogP contribution in [-0.2, 0) is 9.53 Å². The molecule has 0 aromatic heterocycles. The fraction of sp³-hybridized carbons (Fsp3) is 0.923. The Hall–Kier alpha value is -0.610. The number of hydrogen-bond donors (Lipinski definition) is 2. The number of esters is 1. The topological polar surface area (TPSA) is 58.6 Å². The van der Waals surface area contributed by atoms with Crippen LogP contribution in [-0.4, -0.2) is 22.8 Å². The van der Waals surface area contributed by atoms with E-state index in [1.807, 2.05) is 41.5 Å². The zero-order chi connectivity index (χ0) is 13.7. The molecular formula is C13H27NO3. The van der Waals surface area contributed by atoms with Crippen LogP contribution in [0.15, 0.2) is 0 Å². The molecule has 1 unspecified atom stereocenters. The van der Waals surface area contributed by atoms with Gasteiger partial charge in [-0.15, -0.1) is 0 Å². The second kappa shape index (κ2) is 6.36. The second-order valence-electron chi connectivity index (χ2n) is 6.53. The Labute approximate surface area is 105 Å². The summed E-state index contributed by atoms with van der Waals surface area (Å²) in [4.78, 5) is 11.5. The predicted octanol–water partition coefficient (Wildman–Crippen LogP) is 2.89. The minimum atomic E-state index is -0.421. The van der Waals surface area contributed by atoms with Crippen LogP contribution in [0.2, 0.25) is 0 Å².